The molecule has 5 nitrogen and oxygen atoms in total. The molecule has 1 N–H and O–H groups in total. The lowest BCUT2D eigenvalue weighted by Gasteiger charge is -2.05. The van der Waals surface area contributed by atoms with Crippen molar-refractivity contribution in [3.8, 4) is 0 Å². The zero-order chi connectivity index (χ0) is 14.0. The van der Waals surface area contributed by atoms with Crippen molar-refractivity contribution < 1.29 is 18.7 Å². The van der Waals surface area contributed by atoms with Crippen molar-refractivity contribution in [3.05, 3.63) is 35.1 Å². The first-order valence-electron chi connectivity index (χ1n) is 6.00. The fourth-order valence-electron chi connectivity index (χ4n) is 1.92. The normalized spacial score (nSPS) is 10.5. The van der Waals surface area contributed by atoms with Crippen LogP contribution in [0.15, 0.2) is 22.6 Å². The number of carbonyl (C=O) groups is 2. The predicted molar refractivity (Wildman–Crippen MR) is 70.3 cm³/mol. The zero-order valence-electron chi connectivity index (χ0n) is 11.1. The highest BCUT2D eigenvalue weighted by Crippen LogP contribution is 2.25. The molecular weight excluding hydrogens is 246 g/mol. The number of esters is 1. The van der Waals surface area contributed by atoms with Crippen molar-refractivity contribution in [1.29, 1.82) is 0 Å². The lowest BCUT2D eigenvalue weighted by molar-refractivity contribution is 0.0526. The number of nitrogens with one attached hydrogen (secondary N) is 1. The van der Waals surface area contributed by atoms with E-state index in [1.165, 1.54) is 13.1 Å². The van der Waals surface area contributed by atoms with E-state index in [0.29, 0.717) is 27.9 Å². The molecule has 2 rings (SSSR count). The molecule has 0 unspecified atom stereocenters. The fraction of sp³-hybridized carbons (Fsp3) is 0.286. The first kappa shape index (κ1) is 13.1. The number of furan rings is 1. The lowest BCUT2D eigenvalue weighted by Crippen LogP contribution is -2.18. The van der Waals surface area contributed by atoms with E-state index in [0.717, 1.165) is 0 Å². The molecule has 1 heterocycles. The highest BCUT2D eigenvalue weighted by atomic mass is 16.5. The van der Waals surface area contributed by atoms with Gasteiger partial charge in [-0.1, -0.05) is 0 Å². The Bertz CT molecular complexity index is 642. The summed E-state index contributed by atoms with van der Waals surface area (Å²) in [6.45, 7) is 3.81. The van der Waals surface area contributed by atoms with Crippen LogP contribution in [0.2, 0.25) is 0 Å². The predicted octanol–water partition coefficient (Wildman–Crippen LogP) is 2.28. The summed E-state index contributed by atoms with van der Waals surface area (Å²) in [5.74, 6) is -0.0694. The van der Waals surface area contributed by atoms with Crippen molar-refractivity contribution in [1.82, 2.24) is 5.32 Å². The van der Waals surface area contributed by atoms with Gasteiger partial charge in [0.1, 0.15) is 11.3 Å². The highest BCUT2D eigenvalue weighted by Gasteiger charge is 2.17. The van der Waals surface area contributed by atoms with Crippen molar-refractivity contribution in [2.75, 3.05) is 13.7 Å². The van der Waals surface area contributed by atoms with E-state index in [-0.39, 0.29) is 12.5 Å². The van der Waals surface area contributed by atoms with E-state index in [2.05, 4.69) is 5.32 Å². The molecule has 0 aliphatic rings. The molecule has 100 valence electrons. The first-order chi connectivity index (χ1) is 9.06. The summed E-state index contributed by atoms with van der Waals surface area (Å²) >= 11 is 0. The first-order valence-corrected chi connectivity index (χ1v) is 6.00. The zero-order valence-corrected chi connectivity index (χ0v) is 11.1. The molecule has 2 aromatic rings. The maximum atomic E-state index is 11.8. The Balaban J connectivity index is 2.62. The van der Waals surface area contributed by atoms with Crippen molar-refractivity contribution in [3.63, 3.8) is 0 Å². The molecule has 0 aliphatic carbocycles. The minimum Gasteiger partial charge on any atom is -0.462 e. The molecular formula is C14H15NO4. The number of hydrogen-bond acceptors (Lipinski definition) is 4. The van der Waals surface area contributed by atoms with Crippen molar-refractivity contribution in [2.45, 2.75) is 13.8 Å². The van der Waals surface area contributed by atoms with E-state index in [4.69, 9.17) is 9.15 Å². The molecule has 0 radical (unpaired) electrons. The lowest BCUT2D eigenvalue weighted by atomic mass is 10.1. The average molecular weight is 261 g/mol. The number of fused-ring (bicyclic) bond motifs is 1. The van der Waals surface area contributed by atoms with Crippen LogP contribution in [0.1, 0.15) is 33.4 Å². The fourth-order valence-corrected chi connectivity index (χ4v) is 1.92. The molecule has 1 amide bonds. The van der Waals surface area contributed by atoms with Crippen LogP contribution in [0.5, 0.6) is 0 Å². The van der Waals surface area contributed by atoms with Gasteiger partial charge in [-0.05, 0) is 32.0 Å². The van der Waals surface area contributed by atoms with Gasteiger partial charge in [-0.15, -0.1) is 0 Å². The maximum Gasteiger partial charge on any atom is 0.338 e. The summed E-state index contributed by atoms with van der Waals surface area (Å²) < 4.78 is 10.5. The van der Waals surface area contributed by atoms with Crippen LogP contribution in [-0.4, -0.2) is 25.5 Å². The Hall–Kier alpha value is -2.30. The molecule has 0 atom stereocenters. The molecule has 0 saturated heterocycles. The summed E-state index contributed by atoms with van der Waals surface area (Å²) in [5, 5.41) is 3.24. The molecule has 1 aromatic heterocycles. The van der Waals surface area contributed by atoms with Gasteiger partial charge in [0, 0.05) is 12.4 Å². The topological polar surface area (TPSA) is 68.5 Å². The Labute approximate surface area is 110 Å². The Morgan fingerprint density at radius 2 is 2.05 bits per heavy atom. The number of amides is 1. The molecule has 19 heavy (non-hydrogen) atoms. The van der Waals surface area contributed by atoms with Gasteiger partial charge in [0.25, 0.3) is 5.91 Å². The third kappa shape index (κ3) is 2.45. The molecule has 0 fully saturated rings. The van der Waals surface area contributed by atoms with E-state index in [1.807, 2.05) is 0 Å². The molecule has 0 saturated carbocycles. The van der Waals surface area contributed by atoms with Crippen LogP contribution in [0.3, 0.4) is 0 Å². The Morgan fingerprint density at radius 3 is 2.68 bits per heavy atom. The van der Waals surface area contributed by atoms with Crippen LogP contribution in [0.25, 0.3) is 11.0 Å². The van der Waals surface area contributed by atoms with Gasteiger partial charge in [0.15, 0.2) is 0 Å². The third-order valence-corrected chi connectivity index (χ3v) is 2.72. The largest absolute Gasteiger partial charge is 0.462 e. The average Bonchev–Trinajstić information content (AvgIpc) is 2.76. The summed E-state index contributed by atoms with van der Waals surface area (Å²) in [6, 6.07) is 4.93. The highest BCUT2D eigenvalue weighted by molar-refractivity contribution is 6.08. The molecule has 1 aromatic carbocycles. The summed E-state index contributed by atoms with van der Waals surface area (Å²) in [4.78, 5) is 23.6. The Morgan fingerprint density at radius 1 is 1.32 bits per heavy atom. The van der Waals surface area contributed by atoms with Gasteiger partial charge in [-0.25, -0.2) is 4.79 Å². The second-order valence-electron chi connectivity index (χ2n) is 4.10. The van der Waals surface area contributed by atoms with E-state index < -0.39 is 5.97 Å². The summed E-state index contributed by atoms with van der Waals surface area (Å²) in [6.07, 6.45) is 0. The standard InChI is InChI=1S/C14H15NO4/c1-4-18-14(17)10-6-9-5-8(2)19-12(9)11(7-10)13(16)15-3/h5-7H,4H2,1-3H3,(H,15,16). The van der Waals surface area contributed by atoms with Crippen LogP contribution in [-0.2, 0) is 4.74 Å². The van der Waals surface area contributed by atoms with Crippen molar-refractivity contribution >= 4 is 22.8 Å². The van der Waals surface area contributed by atoms with Crippen LogP contribution < -0.4 is 5.32 Å². The minimum absolute atomic E-state index is 0.288. The van der Waals surface area contributed by atoms with E-state index in [9.17, 15) is 9.59 Å². The van der Waals surface area contributed by atoms with Crippen molar-refractivity contribution in [2.24, 2.45) is 0 Å². The molecule has 0 bridgehead atoms. The molecule has 5 heteroatoms. The molecule has 0 spiro atoms. The number of ether oxygens (including phenoxy) is 1. The number of carbonyl (C=O) groups excluding carboxylic acids is 2. The van der Waals surface area contributed by atoms with Crippen LogP contribution in [0, 0.1) is 6.92 Å². The van der Waals surface area contributed by atoms with Gasteiger partial charge in [-0.2, -0.15) is 0 Å². The SMILES string of the molecule is CCOC(=O)c1cc(C(=O)NC)c2oc(C)cc2c1. The van der Waals surface area contributed by atoms with Gasteiger partial charge >= 0.3 is 5.97 Å². The monoisotopic (exact) mass is 261 g/mol. The number of benzene rings is 1. The minimum atomic E-state index is -0.451. The smallest absolute Gasteiger partial charge is 0.338 e. The van der Waals surface area contributed by atoms with E-state index in [1.54, 1.807) is 26.0 Å². The van der Waals surface area contributed by atoms with Gasteiger partial charge in [0.2, 0.25) is 0 Å². The Kier molecular flexibility index (Phi) is 3.55. The third-order valence-electron chi connectivity index (χ3n) is 2.72. The second kappa shape index (κ2) is 5.14. The van der Waals surface area contributed by atoms with Crippen LogP contribution >= 0.6 is 0 Å². The number of rotatable bonds is 3. The maximum absolute atomic E-state index is 11.8. The number of aryl methyl sites for hydroxylation is 1. The summed E-state index contributed by atoms with van der Waals surface area (Å²) in [7, 11) is 1.53. The van der Waals surface area contributed by atoms with E-state index >= 15 is 0 Å². The van der Waals surface area contributed by atoms with Gasteiger partial charge < -0.3 is 14.5 Å². The van der Waals surface area contributed by atoms with Crippen LogP contribution in [0.4, 0.5) is 0 Å². The second-order valence-corrected chi connectivity index (χ2v) is 4.10. The van der Waals surface area contributed by atoms with Gasteiger partial charge in [-0.3, -0.25) is 4.79 Å². The number of hydrogen-bond donors (Lipinski definition) is 1. The van der Waals surface area contributed by atoms with Gasteiger partial charge in [0.05, 0.1) is 17.7 Å². The summed E-state index contributed by atoms with van der Waals surface area (Å²) in [5.41, 5.74) is 1.15. The molecule has 0 aliphatic heterocycles. The quantitative estimate of drug-likeness (QED) is 0.860.